The lowest BCUT2D eigenvalue weighted by atomic mass is 10.1. The molecule has 2 heteroatoms. The Kier molecular flexibility index (Phi) is 10.2. The third-order valence-corrected chi connectivity index (χ3v) is 5.27. The van der Waals surface area contributed by atoms with Gasteiger partial charge in [0.2, 0.25) is 0 Å². The molecule has 26 heavy (non-hydrogen) atoms. The highest BCUT2D eigenvalue weighted by Crippen LogP contribution is 2.10. The summed E-state index contributed by atoms with van der Waals surface area (Å²) in [6.07, 6.45) is 19.1. The van der Waals surface area contributed by atoms with Crippen LogP contribution in [0.3, 0.4) is 0 Å². The lowest BCUT2D eigenvalue weighted by molar-refractivity contribution is -0.704. The highest BCUT2D eigenvalue weighted by molar-refractivity contribution is 5.14. The van der Waals surface area contributed by atoms with Gasteiger partial charge in [-0.1, -0.05) is 82.7 Å². The lowest BCUT2D eigenvalue weighted by Gasteiger charge is -2.06. The molecule has 144 valence electrons. The third kappa shape index (κ3) is 7.35. The predicted octanol–water partition coefficient (Wildman–Crippen LogP) is 6.11. The van der Waals surface area contributed by atoms with Crippen LogP contribution in [0, 0.1) is 0 Å². The normalized spacial score (nSPS) is 11.2. The van der Waals surface area contributed by atoms with Crippen molar-refractivity contribution in [2.75, 3.05) is 0 Å². The maximum absolute atomic E-state index is 2.51. The number of hydrogen-bond acceptors (Lipinski definition) is 0. The van der Waals surface area contributed by atoms with E-state index >= 15 is 0 Å². The molecule has 1 aromatic carbocycles. The van der Waals surface area contributed by atoms with Gasteiger partial charge in [0.05, 0.1) is 13.1 Å². The van der Waals surface area contributed by atoms with E-state index in [4.69, 9.17) is 0 Å². The monoisotopic (exact) mass is 355 g/mol. The molecule has 0 saturated carbocycles. The molecule has 0 atom stereocenters. The molecule has 0 aliphatic rings. The number of nitrogens with zero attached hydrogens (tertiary/aromatic N) is 2. The molecule has 0 radical (unpaired) electrons. The van der Waals surface area contributed by atoms with E-state index in [1.54, 1.807) is 0 Å². The van der Waals surface area contributed by atoms with Crippen molar-refractivity contribution >= 4 is 0 Å². The molecule has 0 spiro atoms. The molecule has 0 saturated heterocycles. The number of unbranched alkanes of at least 4 members (excludes halogenated alkanes) is 6. The second-order valence-electron chi connectivity index (χ2n) is 7.56. The molecular formula is C24H39N2+. The molecule has 2 rings (SSSR count). The van der Waals surface area contributed by atoms with E-state index in [0.29, 0.717) is 0 Å². The summed E-state index contributed by atoms with van der Waals surface area (Å²) < 4.78 is 5.00. The number of hydrogen-bond donors (Lipinski definition) is 0. The van der Waals surface area contributed by atoms with E-state index in [0.717, 1.165) is 13.1 Å². The Balaban J connectivity index is 1.80. The molecule has 0 N–H and O–H groups in total. The summed E-state index contributed by atoms with van der Waals surface area (Å²) in [4.78, 5) is 0. The zero-order valence-electron chi connectivity index (χ0n) is 17.1. The lowest BCUT2D eigenvalue weighted by Crippen LogP contribution is -2.37. The van der Waals surface area contributed by atoms with Crippen LogP contribution in [0.1, 0.15) is 83.0 Å². The van der Waals surface area contributed by atoms with Crippen LogP contribution in [0.15, 0.2) is 42.7 Å². The van der Waals surface area contributed by atoms with E-state index in [2.05, 4.69) is 65.7 Å². The molecule has 0 amide bonds. The quantitative estimate of drug-likeness (QED) is 0.285. The van der Waals surface area contributed by atoms with Gasteiger partial charge in [-0.15, -0.1) is 0 Å². The summed E-state index contributed by atoms with van der Waals surface area (Å²) in [5, 5.41) is 0. The smallest absolute Gasteiger partial charge is 0.234 e. The van der Waals surface area contributed by atoms with Crippen LogP contribution < -0.4 is 4.57 Å². The number of imidazole rings is 1. The Morgan fingerprint density at radius 2 is 1.50 bits per heavy atom. The SMILES string of the molecule is CCCCCCCCCc1n(CCC)cc[n+]1CCCc1ccccc1. The zero-order valence-corrected chi connectivity index (χ0v) is 17.1. The molecule has 2 aromatic rings. The maximum atomic E-state index is 2.51. The number of benzene rings is 1. The van der Waals surface area contributed by atoms with Gasteiger partial charge in [-0.25, -0.2) is 9.13 Å². The van der Waals surface area contributed by atoms with Crippen molar-refractivity contribution in [1.29, 1.82) is 0 Å². The van der Waals surface area contributed by atoms with Gasteiger partial charge in [0.15, 0.2) is 0 Å². The van der Waals surface area contributed by atoms with Crippen molar-refractivity contribution < 1.29 is 4.57 Å². The minimum atomic E-state index is 1.14. The van der Waals surface area contributed by atoms with Crippen molar-refractivity contribution in [2.24, 2.45) is 0 Å². The van der Waals surface area contributed by atoms with Crippen LogP contribution in [0.25, 0.3) is 0 Å². The van der Waals surface area contributed by atoms with E-state index in [1.807, 2.05) is 0 Å². The average molecular weight is 356 g/mol. The van der Waals surface area contributed by atoms with Crippen molar-refractivity contribution in [1.82, 2.24) is 4.57 Å². The summed E-state index contributed by atoms with van der Waals surface area (Å²) in [5.41, 5.74) is 1.45. The van der Waals surface area contributed by atoms with Gasteiger partial charge >= 0.3 is 0 Å². The summed E-state index contributed by atoms with van der Waals surface area (Å²) in [7, 11) is 0. The van der Waals surface area contributed by atoms with Crippen LogP contribution in [0.5, 0.6) is 0 Å². The number of rotatable bonds is 14. The summed E-state index contributed by atoms with van der Waals surface area (Å²) in [6, 6.07) is 10.9. The van der Waals surface area contributed by atoms with Gasteiger partial charge in [-0.2, -0.15) is 0 Å². The molecule has 0 aliphatic carbocycles. The largest absolute Gasteiger partial charge is 0.256 e. The number of aryl methyl sites for hydroxylation is 3. The second-order valence-corrected chi connectivity index (χ2v) is 7.56. The van der Waals surface area contributed by atoms with Crippen molar-refractivity contribution in [3.8, 4) is 0 Å². The van der Waals surface area contributed by atoms with Crippen LogP contribution in [0.4, 0.5) is 0 Å². The highest BCUT2D eigenvalue weighted by Gasteiger charge is 2.15. The van der Waals surface area contributed by atoms with Crippen molar-refractivity contribution in [3.05, 3.63) is 54.1 Å². The Morgan fingerprint density at radius 1 is 0.769 bits per heavy atom. The third-order valence-electron chi connectivity index (χ3n) is 5.27. The summed E-state index contributed by atoms with van der Waals surface area (Å²) >= 11 is 0. The van der Waals surface area contributed by atoms with E-state index in [9.17, 15) is 0 Å². The first kappa shape index (κ1) is 20.7. The molecule has 1 aromatic heterocycles. The van der Waals surface area contributed by atoms with Crippen LogP contribution in [0.2, 0.25) is 0 Å². The Morgan fingerprint density at radius 3 is 2.23 bits per heavy atom. The minimum absolute atomic E-state index is 1.14. The fraction of sp³-hybridized carbons (Fsp3) is 0.625. The molecule has 0 unspecified atom stereocenters. The van der Waals surface area contributed by atoms with Gasteiger partial charge in [-0.3, -0.25) is 0 Å². The fourth-order valence-electron chi connectivity index (χ4n) is 3.77. The molecule has 2 nitrogen and oxygen atoms in total. The fourth-order valence-corrected chi connectivity index (χ4v) is 3.77. The first-order valence-corrected chi connectivity index (χ1v) is 11.0. The van der Waals surface area contributed by atoms with E-state index in [-0.39, 0.29) is 0 Å². The van der Waals surface area contributed by atoms with E-state index in [1.165, 1.54) is 82.0 Å². The van der Waals surface area contributed by atoms with E-state index < -0.39 is 0 Å². The maximum Gasteiger partial charge on any atom is 0.256 e. The van der Waals surface area contributed by atoms with Crippen LogP contribution in [-0.4, -0.2) is 4.57 Å². The molecule has 0 fully saturated rings. The molecule has 0 bridgehead atoms. The standard InChI is InChI=1S/C24H39N2/c1-3-5-6-7-8-9-13-18-24-25(19-4-2)21-22-26(24)20-14-17-23-15-11-10-12-16-23/h10-12,15-16,21-22H,3-9,13-14,17-20H2,1-2H3/q+1. The second kappa shape index (κ2) is 12.7. The molecule has 0 aliphatic heterocycles. The van der Waals surface area contributed by atoms with Crippen LogP contribution in [-0.2, 0) is 25.9 Å². The van der Waals surface area contributed by atoms with Crippen molar-refractivity contribution in [2.45, 2.75) is 97.6 Å². The topological polar surface area (TPSA) is 8.81 Å². The highest BCUT2D eigenvalue weighted by atomic mass is 15.1. The average Bonchev–Trinajstić information content (AvgIpc) is 3.04. The Labute approximate surface area is 161 Å². The van der Waals surface area contributed by atoms with Gasteiger partial charge in [0, 0.05) is 6.42 Å². The number of aromatic nitrogens is 2. The zero-order chi connectivity index (χ0) is 18.5. The minimum Gasteiger partial charge on any atom is -0.234 e. The first-order chi connectivity index (χ1) is 12.8. The van der Waals surface area contributed by atoms with Gasteiger partial charge < -0.3 is 0 Å². The summed E-state index contributed by atoms with van der Waals surface area (Å²) in [6.45, 7) is 6.85. The molecular weight excluding hydrogens is 316 g/mol. The first-order valence-electron chi connectivity index (χ1n) is 11.0. The van der Waals surface area contributed by atoms with Crippen molar-refractivity contribution in [3.63, 3.8) is 0 Å². The summed E-state index contributed by atoms with van der Waals surface area (Å²) in [5.74, 6) is 1.54. The van der Waals surface area contributed by atoms with Gasteiger partial charge in [-0.05, 0) is 31.2 Å². The predicted molar refractivity (Wildman–Crippen MR) is 111 cm³/mol. The van der Waals surface area contributed by atoms with Gasteiger partial charge in [0.1, 0.15) is 12.4 Å². The van der Waals surface area contributed by atoms with Gasteiger partial charge in [0.25, 0.3) is 5.82 Å². The Bertz CT molecular complexity index is 586. The molecule has 1 heterocycles. The van der Waals surface area contributed by atoms with Crippen LogP contribution >= 0.6 is 0 Å². The Hall–Kier alpha value is -1.57.